The largest absolute Gasteiger partial charge is 0.497 e. The van der Waals surface area contributed by atoms with Crippen molar-refractivity contribution in [2.45, 2.75) is 13.3 Å². The van der Waals surface area contributed by atoms with Gasteiger partial charge in [-0.1, -0.05) is 18.2 Å². The van der Waals surface area contributed by atoms with Gasteiger partial charge in [-0.05, 0) is 42.8 Å². The van der Waals surface area contributed by atoms with Gasteiger partial charge >= 0.3 is 5.97 Å². The average Bonchev–Trinajstić information content (AvgIpc) is 2.74. The van der Waals surface area contributed by atoms with E-state index in [2.05, 4.69) is 15.3 Å². The Labute approximate surface area is 172 Å². The second-order valence-electron chi connectivity index (χ2n) is 6.36. The molecule has 0 spiro atoms. The predicted octanol–water partition coefficient (Wildman–Crippen LogP) is 2.80. The minimum absolute atomic E-state index is 0.0243. The Kier molecular flexibility index (Phi) is 6.59. The number of nitrogens with one attached hydrogen (secondary N) is 2. The monoisotopic (exact) mass is 407 g/mol. The van der Waals surface area contributed by atoms with E-state index in [0.29, 0.717) is 23.5 Å². The van der Waals surface area contributed by atoms with Gasteiger partial charge in [0.1, 0.15) is 17.3 Å². The summed E-state index contributed by atoms with van der Waals surface area (Å²) >= 11 is 0. The van der Waals surface area contributed by atoms with E-state index in [1.54, 1.807) is 44.4 Å². The van der Waals surface area contributed by atoms with E-state index in [0.717, 1.165) is 17.4 Å². The summed E-state index contributed by atoms with van der Waals surface area (Å²) in [6, 6.07) is 14.8. The predicted molar refractivity (Wildman–Crippen MR) is 111 cm³/mol. The Morgan fingerprint density at radius 1 is 1.10 bits per heavy atom. The van der Waals surface area contributed by atoms with Crippen molar-refractivity contribution in [3.63, 3.8) is 0 Å². The summed E-state index contributed by atoms with van der Waals surface area (Å²) in [6.07, 6.45) is 0.346. The lowest BCUT2D eigenvalue weighted by Crippen LogP contribution is -2.20. The van der Waals surface area contributed by atoms with Crippen LogP contribution in [-0.4, -0.2) is 35.6 Å². The van der Waals surface area contributed by atoms with Crippen LogP contribution < -0.4 is 15.6 Å². The van der Waals surface area contributed by atoms with Crippen LogP contribution in [0, 0.1) is 0 Å². The topological polar surface area (TPSA) is 110 Å². The highest BCUT2D eigenvalue weighted by atomic mass is 16.5. The van der Waals surface area contributed by atoms with Crippen molar-refractivity contribution >= 4 is 17.6 Å². The SMILES string of the molecule is CCOC(=O)c1cccc(NC(=O)c2cc(=O)[nH]c(Cc3ccc(OC)cc3)n2)c1. The Morgan fingerprint density at radius 2 is 1.87 bits per heavy atom. The number of esters is 1. The molecule has 30 heavy (non-hydrogen) atoms. The Hall–Kier alpha value is -3.94. The van der Waals surface area contributed by atoms with Crippen molar-refractivity contribution < 1.29 is 19.1 Å². The molecule has 2 aromatic carbocycles. The zero-order valence-electron chi connectivity index (χ0n) is 16.6. The first-order valence-corrected chi connectivity index (χ1v) is 9.30. The third kappa shape index (κ3) is 5.32. The molecule has 0 aliphatic carbocycles. The van der Waals surface area contributed by atoms with E-state index in [1.165, 1.54) is 6.07 Å². The lowest BCUT2D eigenvalue weighted by atomic mass is 10.1. The van der Waals surface area contributed by atoms with Gasteiger partial charge in [-0.2, -0.15) is 0 Å². The summed E-state index contributed by atoms with van der Waals surface area (Å²) in [7, 11) is 1.58. The summed E-state index contributed by atoms with van der Waals surface area (Å²) in [4.78, 5) is 43.4. The molecule has 8 heteroatoms. The summed E-state index contributed by atoms with van der Waals surface area (Å²) in [5.41, 5.74) is 1.15. The number of aromatic nitrogens is 2. The summed E-state index contributed by atoms with van der Waals surface area (Å²) in [6.45, 7) is 1.97. The molecule has 3 rings (SSSR count). The number of anilines is 1. The number of rotatable bonds is 7. The maximum Gasteiger partial charge on any atom is 0.338 e. The normalized spacial score (nSPS) is 10.3. The molecule has 0 radical (unpaired) electrons. The molecule has 2 N–H and O–H groups in total. The fourth-order valence-corrected chi connectivity index (χ4v) is 2.78. The molecular weight excluding hydrogens is 386 g/mol. The van der Waals surface area contributed by atoms with Crippen molar-refractivity contribution in [1.82, 2.24) is 9.97 Å². The van der Waals surface area contributed by atoms with Crippen molar-refractivity contribution in [1.29, 1.82) is 0 Å². The van der Waals surface area contributed by atoms with E-state index in [1.807, 2.05) is 12.1 Å². The number of hydrogen-bond donors (Lipinski definition) is 2. The molecule has 0 atom stereocenters. The van der Waals surface area contributed by atoms with E-state index in [9.17, 15) is 14.4 Å². The first-order chi connectivity index (χ1) is 14.5. The van der Waals surface area contributed by atoms with Crippen molar-refractivity contribution in [2.75, 3.05) is 19.0 Å². The molecule has 0 saturated heterocycles. The first-order valence-electron chi connectivity index (χ1n) is 9.30. The molecule has 1 aromatic heterocycles. The Bertz CT molecular complexity index is 1110. The number of amides is 1. The number of benzene rings is 2. The average molecular weight is 407 g/mol. The molecule has 1 heterocycles. The number of hydrogen-bond acceptors (Lipinski definition) is 6. The van der Waals surface area contributed by atoms with Crippen LogP contribution in [0.5, 0.6) is 5.75 Å². The molecule has 154 valence electrons. The molecule has 0 saturated carbocycles. The number of H-pyrrole nitrogens is 1. The minimum Gasteiger partial charge on any atom is -0.497 e. The summed E-state index contributed by atoms with van der Waals surface area (Å²) in [5.74, 6) is 0.0409. The number of carbonyl (C=O) groups is 2. The van der Waals surface area contributed by atoms with E-state index in [-0.39, 0.29) is 12.3 Å². The van der Waals surface area contributed by atoms with Gasteiger partial charge in [0, 0.05) is 18.2 Å². The van der Waals surface area contributed by atoms with Crippen LogP contribution in [0.4, 0.5) is 5.69 Å². The van der Waals surface area contributed by atoms with Crippen LogP contribution >= 0.6 is 0 Å². The molecule has 0 fully saturated rings. The molecular formula is C22H21N3O5. The highest BCUT2D eigenvalue weighted by molar-refractivity contribution is 6.03. The number of methoxy groups -OCH3 is 1. The molecule has 1 amide bonds. The Balaban J connectivity index is 1.77. The number of ether oxygens (including phenoxy) is 2. The van der Waals surface area contributed by atoms with Crippen LogP contribution in [-0.2, 0) is 11.2 Å². The number of carbonyl (C=O) groups excluding carboxylic acids is 2. The highest BCUT2D eigenvalue weighted by Crippen LogP contribution is 2.15. The standard InChI is InChI=1S/C22H21N3O5/c1-3-30-22(28)15-5-4-6-16(12-15)23-21(27)18-13-20(26)25-19(24-18)11-14-7-9-17(29-2)10-8-14/h4-10,12-13H,3,11H2,1-2H3,(H,23,27)(H,24,25,26). The third-order valence-corrected chi connectivity index (χ3v) is 4.19. The lowest BCUT2D eigenvalue weighted by Gasteiger charge is -2.08. The van der Waals surface area contributed by atoms with Gasteiger partial charge in [0.2, 0.25) is 0 Å². The molecule has 0 bridgehead atoms. The quantitative estimate of drug-likeness (QED) is 0.583. The van der Waals surface area contributed by atoms with E-state index < -0.39 is 17.4 Å². The smallest absolute Gasteiger partial charge is 0.338 e. The first kappa shape index (κ1) is 20.8. The van der Waals surface area contributed by atoms with Gasteiger partial charge in [-0.3, -0.25) is 9.59 Å². The van der Waals surface area contributed by atoms with Gasteiger partial charge in [-0.15, -0.1) is 0 Å². The molecule has 3 aromatic rings. The van der Waals surface area contributed by atoms with Crippen LogP contribution in [0.2, 0.25) is 0 Å². The third-order valence-electron chi connectivity index (χ3n) is 4.19. The maximum absolute atomic E-state index is 12.6. The maximum atomic E-state index is 12.6. The van der Waals surface area contributed by atoms with Gasteiger partial charge in [0.15, 0.2) is 0 Å². The summed E-state index contributed by atoms with van der Waals surface area (Å²) in [5, 5.41) is 2.65. The fourth-order valence-electron chi connectivity index (χ4n) is 2.78. The minimum atomic E-state index is -0.557. The number of aromatic amines is 1. The second-order valence-corrected chi connectivity index (χ2v) is 6.36. The van der Waals surface area contributed by atoms with E-state index in [4.69, 9.17) is 9.47 Å². The van der Waals surface area contributed by atoms with Gasteiger partial charge < -0.3 is 19.8 Å². The Morgan fingerprint density at radius 3 is 2.57 bits per heavy atom. The lowest BCUT2D eigenvalue weighted by molar-refractivity contribution is 0.0526. The molecule has 0 aliphatic heterocycles. The zero-order chi connectivity index (χ0) is 21.5. The van der Waals surface area contributed by atoms with Crippen LogP contribution in [0.25, 0.3) is 0 Å². The highest BCUT2D eigenvalue weighted by Gasteiger charge is 2.13. The van der Waals surface area contributed by atoms with Crippen molar-refractivity contribution in [3.05, 3.63) is 87.6 Å². The van der Waals surface area contributed by atoms with Crippen LogP contribution in [0.15, 0.2) is 59.4 Å². The molecule has 0 unspecified atom stereocenters. The second kappa shape index (κ2) is 9.51. The van der Waals surface area contributed by atoms with Crippen LogP contribution in [0.1, 0.15) is 39.2 Å². The number of nitrogens with zero attached hydrogens (tertiary/aromatic N) is 1. The molecule has 0 aliphatic rings. The molecule has 8 nitrogen and oxygen atoms in total. The zero-order valence-corrected chi connectivity index (χ0v) is 16.6. The van der Waals surface area contributed by atoms with Gasteiger partial charge in [0.25, 0.3) is 11.5 Å². The van der Waals surface area contributed by atoms with Gasteiger partial charge in [0.05, 0.1) is 19.3 Å². The fraction of sp³-hybridized carbons (Fsp3) is 0.182. The summed E-state index contributed by atoms with van der Waals surface area (Å²) < 4.78 is 10.1. The van der Waals surface area contributed by atoms with Crippen molar-refractivity contribution in [3.8, 4) is 5.75 Å². The van der Waals surface area contributed by atoms with Crippen molar-refractivity contribution in [2.24, 2.45) is 0 Å². The van der Waals surface area contributed by atoms with Gasteiger partial charge in [-0.25, -0.2) is 9.78 Å². The van der Waals surface area contributed by atoms with E-state index >= 15 is 0 Å². The van der Waals surface area contributed by atoms with Crippen LogP contribution in [0.3, 0.4) is 0 Å².